The van der Waals surface area contributed by atoms with Crippen LogP contribution < -0.4 is 0 Å². The summed E-state index contributed by atoms with van der Waals surface area (Å²) in [7, 11) is 0. The molecule has 0 bridgehead atoms. The van der Waals surface area contributed by atoms with Crippen molar-refractivity contribution in [1.82, 2.24) is 0 Å². The maximum absolute atomic E-state index is 8.63. The van der Waals surface area contributed by atoms with Crippen molar-refractivity contribution in [2.24, 2.45) is 5.92 Å². The van der Waals surface area contributed by atoms with Crippen molar-refractivity contribution < 1.29 is 5.11 Å². The van der Waals surface area contributed by atoms with E-state index in [1.54, 1.807) is 24.3 Å². The van der Waals surface area contributed by atoms with Crippen molar-refractivity contribution in [3.63, 3.8) is 0 Å². The fourth-order valence-electron chi connectivity index (χ4n) is 2.02. The quantitative estimate of drug-likeness (QED) is 0.723. The molecule has 0 spiro atoms. The van der Waals surface area contributed by atoms with E-state index < -0.39 is 0 Å². The molecule has 2 rings (SSSR count). The molecular weight excluding hydrogens is 184 g/mol. The molecule has 1 nitrogen and oxygen atoms in total. The molecule has 84 valence electrons. The normalized spacial score (nSPS) is 16.6. The molecule has 1 fully saturated rings. The SMILES string of the molecule is CCC1CCCCC1.Oc1ccccc1. The van der Waals surface area contributed by atoms with Gasteiger partial charge in [-0.2, -0.15) is 0 Å². The van der Waals surface area contributed by atoms with Crippen LogP contribution in [0, 0.1) is 5.92 Å². The molecule has 0 atom stereocenters. The first-order chi connectivity index (χ1) is 7.33. The summed E-state index contributed by atoms with van der Waals surface area (Å²) in [6.07, 6.45) is 8.93. The van der Waals surface area contributed by atoms with Crippen LogP contribution in [-0.4, -0.2) is 5.11 Å². The molecule has 15 heavy (non-hydrogen) atoms. The van der Waals surface area contributed by atoms with Crippen LogP contribution in [0.2, 0.25) is 0 Å². The second-order valence-electron chi connectivity index (χ2n) is 4.25. The number of benzene rings is 1. The Morgan fingerprint density at radius 2 is 1.67 bits per heavy atom. The number of aromatic hydroxyl groups is 1. The molecule has 0 saturated heterocycles. The first-order valence-corrected chi connectivity index (χ1v) is 6.07. The molecule has 1 N–H and O–H groups in total. The Kier molecular flexibility index (Phi) is 5.91. The second-order valence-corrected chi connectivity index (χ2v) is 4.25. The third-order valence-electron chi connectivity index (χ3n) is 3.06. The monoisotopic (exact) mass is 206 g/mol. The maximum atomic E-state index is 8.63. The van der Waals surface area contributed by atoms with E-state index in [1.165, 1.54) is 38.5 Å². The Bertz CT molecular complexity index is 237. The molecule has 1 aromatic carbocycles. The van der Waals surface area contributed by atoms with Crippen molar-refractivity contribution >= 4 is 0 Å². The van der Waals surface area contributed by atoms with E-state index in [9.17, 15) is 0 Å². The molecule has 1 aromatic rings. The maximum Gasteiger partial charge on any atom is 0.115 e. The van der Waals surface area contributed by atoms with Gasteiger partial charge in [0.1, 0.15) is 5.75 Å². The van der Waals surface area contributed by atoms with Gasteiger partial charge in [-0.05, 0) is 18.1 Å². The lowest BCUT2D eigenvalue weighted by molar-refractivity contribution is 0.349. The Morgan fingerprint density at radius 1 is 1.07 bits per heavy atom. The summed E-state index contributed by atoms with van der Waals surface area (Å²) < 4.78 is 0. The Balaban J connectivity index is 0.000000151. The molecular formula is C14H22O. The van der Waals surface area contributed by atoms with Gasteiger partial charge < -0.3 is 5.11 Å². The van der Waals surface area contributed by atoms with Crippen LogP contribution in [0.5, 0.6) is 5.75 Å². The van der Waals surface area contributed by atoms with E-state index in [-0.39, 0.29) is 0 Å². The summed E-state index contributed by atoms with van der Waals surface area (Å²) in [6.45, 7) is 2.32. The summed E-state index contributed by atoms with van der Waals surface area (Å²) in [5.74, 6) is 1.41. The summed E-state index contributed by atoms with van der Waals surface area (Å²) in [5, 5.41) is 8.63. The lowest BCUT2D eigenvalue weighted by Gasteiger charge is -2.18. The van der Waals surface area contributed by atoms with Crippen molar-refractivity contribution in [3.05, 3.63) is 30.3 Å². The highest BCUT2D eigenvalue weighted by molar-refractivity contribution is 5.18. The summed E-state index contributed by atoms with van der Waals surface area (Å²) in [6, 6.07) is 8.71. The van der Waals surface area contributed by atoms with E-state index in [0.29, 0.717) is 5.75 Å². The van der Waals surface area contributed by atoms with Gasteiger partial charge in [0.05, 0.1) is 0 Å². The first kappa shape index (κ1) is 12.1. The molecule has 1 aliphatic carbocycles. The van der Waals surface area contributed by atoms with Gasteiger partial charge in [-0.3, -0.25) is 0 Å². The standard InChI is InChI=1S/C8H16.C6H6O/c1-2-8-6-4-3-5-7-8;7-6-4-2-1-3-5-6/h8H,2-7H2,1H3;1-5,7H. The smallest absolute Gasteiger partial charge is 0.115 e. The van der Waals surface area contributed by atoms with Gasteiger partial charge >= 0.3 is 0 Å². The van der Waals surface area contributed by atoms with Crippen molar-refractivity contribution in [2.75, 3.05) is 0 Å². The highest BCUT2D eigenvalue weighted by Crippen LogP contribution is 2.25. The van der Waals surface area contributed by atoms with Crippen LogP contribution in [0.4, 0.5) is 0 Å². The van der Waals surface area contributed by atoms with E-state index >= 15 is 0 Å². The second kappa shape index (κ2) is 7.33. The van der Waals surface area contributed by atoms with Crippen molar-refractivity contribution in [2.45, 2.75) is 45.4 Å². The molecule has 0 aromatic heterocycles. The molecule has 1 saturated carbocycles. The Labute approximate surface area is 93.1 Å². The molecule has 0 heterocycles. The molecule has 0 unspecified atom stereocenters. The number of phenolic OH excluding ortho intramolecular Hbond substituents is 1. The van der Waals surface area contributed by atoms with Gasteiger partial charge in [0.15, 0.2) is 0 Å². The van der Waals surface area contributed by atoms with Crippen LogP contribution in [0.25, 0.3) is 0 Å². The van der Waals surface area contributed by atoms with Gasteiger partial charge in [-0.25, -0.2) is 0 Å². The summed E-state index contributed by atoms with van der Waals surface area (Å²) in [5.41, 5.74) is 0. The molecule has 0 aliphatic heterocycles. The predicted octanol–water partition coefficient (Wildman–Crippen LogP) is 4.37. The molecule has 0 radical (unpaired) electrons. The van der Waals surface area contributed by atoms with E-state index in [2.05, 4.69) is 6.92 Å². The van der Waals surface area contributed by atoms with Crippen LogP contribution in [0.1, 0.15) is 45.4 Å². The zero-order valence-corrected chi connectivity index (χ0v) is 9.65. The lowest BCUT2D eigenvalue weighted by atomic mass is 9.88. The minimum Gasteiger partial charge on any atom is -0.508 e. The van der Waals surface area contributed by atoms with E-state index in [0.717, 1.165) is 5.92 Å². The fraction of sp³-hybridized carbons (Fsp3) is 0.571. The number of rotatable bonds is 1. The number of hydrogen-bond donors (Lipinski definition) is 1. The van der Waals surface area contributed by atoms with Crippen LogP contribution in [0.15, 0.2) is 30.3 Å². The minimum absolute atomic E-state index is 0.322. The van der Waals surface area contributed by atoms with Gasteiger partial charge in [-0.15, -0.1) is 0 Å². The lowest BCUT2D eigenvalue weighted by Crippen LogP contribution is -2.03. The first-order valence-electron chi connectivity index (χ1n) is 6.07. The number of para-hydroxylation sites is 1. The predicted molar refractivity (Wildman–Crippen MR) is 65.0 cm³/mol. The highest BCUT2D eigenvalue weighted by Gasteiger charge is 2.09. The number of hydrogen-bond acceptors (Lipinski definition) is 1. The van der Waals surface area contributed by atoms with E-state index in [1.807, 2.05) is 6.07 Å². The van der Waals surface area contributed by atoms with E-state index in [4.69, 9.17) is 5.11 Å². The van der Waals surface area contributed by atoms with Crippen LogP contribution in [-0.2, 0) is 0 Å². The third kappa shape index (κ3) is 5.46. The summed E-state index contributed by atoms with van der Waals surface area (Å²) in [4.78, 5) is 0. The largest absolute Gasteiger partial charge is 0.508 e. The minimum atomic E-state index is 0.322. The fourth-order valence-corrected chi connectivity index (χ4v) is 2.02. The average molecular weight is 206 g/mol. The summed E-state index contributed by atoms with van der Waals surface area (Å²) >= 11 is 0. The van der Waals surface area contributed by atoms with Crippen molar-refractivity contribution in [3.8, 4) is 5.75 Å². The Morgan fingerprint density at radius 3 is 2.00 bits per heavy atom. The Hall–Kier alpha value is -0.980. The zero-order chi connectivity index (χ0) is 10.9. The molecule has 1 aliphatic rings. The zero-order valence-electron chi connectivity index (χ0n) is 9.65. The molecule has 1 heteroatoms. The van der Waals surface area contributed by atoms with Crippen LogP contribution >= 0.6 is 0 Å². The van der Waals surface area contributed by atoms with Crippen LogP contribution in [0.3, 0.4) is 0 Å². The average Bonchev–Trinajstić information content (AvgIpc) is 2.32. The third-order valence-corrected chi connectivity index (χ3v) is 3.06. The van der Waals surface area contributed by atoms with Gasteiger partial charge in [-0.1, -0.05) is 63.6 Å². The molecule has 0 amide bonds. The van der Waals surface area contributed by atoms with Gasteiger partial charge in [0.25, 0.3) is 0 Å². The van der Waals surface area contributed by atoms with Crippen molar-refractivity contribution in [1.29, 1.82) is 0 Å². The number of phenols is 1. The van der Waals surface area contributed by atoms with Gasteiger partial charge in [0, 0.05) is 0 Å². The topological polar surface area (TPSA) is 20.2 Å². The highest BCUT2D eigenvalue weighted by atomic mass is 16.3. The van der Waals surface area contributed by atoms with Gasteiger partial charge in [0.2, 0.25) is 0 Å².